The van der Waals surface area contributed by atoms with E-state index in [9.17, 15) is 9.59 Å². The minimum Gasteiger partial charge on any atom is -0.385 e. The summed E-state index contributed by atoms with van der Waals surface area (Å²) >= 11 is 0. The molecular formula is C52H105NO6. The van der Waals surface area contributed by atoms with E-state index in [-0.39, 0.29) is 11.9 Å². The molecule has 1 saturated heterocycles. The molecule has 59 heavy (non-hydrogen) atoms. The van der Waals surface area contributed by atoms with Crippen molar-refractivity contribution in [2.75, 3.05) is 54.7 Å². The summed E-state index contributed by atoms with van der Waals surface area (Å²) in [6, 6.07) is 0. The van der Waals surface area contributed by atoms with Crippen molar-refractivity contribution in [2.24, 2.45) is 11.8 Å². The average Bonchev–Trinajstić information content (AvgIpc) is 3.62. The number of carbonyl (C=O) groups excluding carboxylic acids is 2. The van der Waals surface area contributed by atoms with E-state index in [2.05, 4.69) is 46.7 Å². The van der Waals surface area contributed by atoms with Gasteiger partial charge in [0, 0.05) is 59.7 Å². The maximum Gasteiger partial charge on any atom is 0.168 e. The van der Waals surface area contributed by atoms with Gasteiger partial charge in [-0.25, -0.2) is 0 Å². The van der Waals surface area contributed by atoms with E-state index in [1.165, 1.54) is 193 Å². The van der Waals surface area contributed by atoms with Gasteiger partial charge in [0.15, 0.2) is 5.79 Å². The Morgan fingerprint density at radius 1 is 0.525 bits per heavy atom. The molecule has 0 aromatic carbocycles. The molecule has 1 heterocycles. The molecule has 1 aliphatic rings. The minimum absolute atomic E-state index is 0.219. The first-order chi connectivity index (χ1) is 28.8. The van der Waals surface area contributed by atoms with E-state index >= 15 is 0 Å². The third-order valence-electron chi connectivity index (χ3n) is 12.0. The molecule has 7 nitrogen and oxygen atoms in total. The van der Waals surface area contributed by atoms with E-state index in [4.69, 9.17) is 18.9 Å². The van der Waals surface area contributed by atoms with Gasteiger partial charge in [-0.2, -0.15) is 0 Å². The van der Waals surface area contributed by atoms with Crippen molar-refractivity contribution in [3.05, 3.63) is 0 Å². The predicted molar refractivity (Wildman–Crippen MR) is 255 cm³/mol. The maximum absolute atomic E-state index is 10.5. The number of methoxy groups -OCH3 is 2. The van der Waals surface area contributed by atoms with Crippen LogP contribution in [0.3, 0.4) is 0 Å². The van der Waals surface area contributed by atoms with Crippen molar-refractivity contribution in [1.29, 1.82) is 0 Å². The molecule has 0 saturated carbocycles. The van der Waals surface area contributed by atoms with Crippen LogP contribution in [-0.4, -0.2) is 84.0 Å². The Morgan fingerprint density at radius 3 is 1.17 bits per heavy atom. The van der Waals surface area contributed by atoms with Crippen molar-refractivity contribution >= 4 is 12.6 Å². The molecule has 1 atom stereocenters. The first-order valence-corrected chi connectivity index (χ1v) is 25.6. The van der Waals surface area contributed by atoms with Gasteiger partial charge in [-0.3, -0.25) is 0 Å². The molecule has 0 N–H and O–H groups in total. The van der Waals surface area contributed by atoms with E-state index in [0.29, 0.717) is 11.8 Å². The molecule has 7 heteroatoms. The van der Waals surface area contributed by atoms with Gasteiger partial charge in [-0.05, 0) is 51.6 Å². The number of ether oxygens (including phenoxy) is 4. The van der Waals surface area contributed by atoms with Crippen molar-refractivity contribution in [3.8, 4) is 0 Å². The number of aldehydes is 2. The van der Waals surface area contributed by atoms with Gasteiger partial charge in [0.1, 0.15) is 12.6 Å². The van der Waals surface area contributed by atoms with Gasteiger partial charge < -0.3 is 33.4 Å². The van der Waals surface area contributed by atoms with Gasteiger partial charge in [0.2, 0.25) is 0 Å². The van der Waals surface area contributed by atoms with E-state index in [1.54, 1.807) is 14.2 Å². The molecule has 0 aromatic rings. The highest BCUT2D eigenvalue weighted by molar-refractivity contribution is 5.49. The fraction of sp³-hybridized carbons (Fsp3) is 0.962. The normalized spacial score (nSPS) is 14.7. The number of likely N-dealkylation sites (N-methyl/N-ethyl adjacent to an activating group) is 1. The fourth-order valence-corrected chi connectivity index (χ4v) is 8.31. The second-order valence-electron chi connectivity index (χ2n) is 18.2. The van der Waals surface area contributed by atoms with Crippen LogP contribution in [-0.2, 0) is 28.5 Å². The van der Waals surface area contributed by atoms with Crippen molar-refractivity contribution in [2.45, 2.75) is 258 Å². The number of unbranched alkanes of at least 4 members (excludes halogenated alkanes) is 20. The van der Waals surface area contributed by atoms with Gasteiger partial charge >= 0.3 is 0 Å². The molecule has 1 aliphatic heterocycles. The zero-order valence-electron chi connectivity index (χ0n) is 41.2. The second kappa shape index (κ2) is 48.2. The lowest BCUT2D eigenvalue weighted by Crippen LogP contribution is -2.33. The SMILES string of the molecule is CCCCCC(CC=O)CCCCC.CCCCCC(CC=O)CCCCC.COCCCCCCCCCC1(CCCCCCCCCOC)OCC(CN(C)C)O1. The Labute approximate surface area is 369 Å². The molecule has 0 amide bonds. The number of rotatable bonds is 42. The predicted octanol–water partition coefficient (Wildman–Crippen LogP) is 14.9. The molecule has 0 aliphatic carbocycles. The van der Waals surface area contributed by atoms with E-state index in [1.807, 2.05) is 0 Å². The number of nitrogens with zero attached hydrogens (tertiary/aromatic N) is 1. The highest BCUT2D eigenvalue weighted by atomic mass is 16.7. The zero-order valence-corrected chi connectivity index (χ0v) is 41.2. The van der Waals surface area contributed by atoms with Crippen LogP contribution in [0.2, 0.25) is 0 Å². The highest BCUT2D eigenvalue weighted by Crippen LogP contribution is 2.35. The summed E-state index contributed by atoms with van der Waals surface area (Å²) in [6.45, 7) is 12.4. The van der Waals surface area contributed by atoms with Crippen molar-refractivity contribution in [3.63, 3.8) is 0 Å². The fourth-order valence-electron chi connectivity index (χ4n) is 8.31. The van der Waals surface area contributed by atoms with Gasteiger partial charge in [0.05, 0.1) is 12.7 Å². The Bertz CT molecular complexity index is 753. The highest BCUT2D eigenvalue weighted by Gasteiger charge is 2.40. The van der Waals surface area contributed by atoms with E-state index in [0.717, 1.165) is 64.6 Å². The van der Waals surface area contributed by atoms with Crippen LogP contribution in [0.25, 0.3) is 0 Å². The summed E-state index contributed by atoms with van der Waals surface area (Å²) in [6.07, 6.45) is 44.8. The molecular weight excluding hydrogens is 735 g/mol. The number of carbonyl (C=O) groups is 2. The largest absolute Gasteiger partial charge is 0.385 e. The van der Waals surface area contributed by atoms with Gasteiger partial charge in [-0.15, -0.1) is 0 Å². The van der Waals surface area contributed by atoms with Crippen LogP contribution in [0, 0.1) is 11.8 Å². The molecule has 1 fully saturated rings. The summed E-state index contributed by atoms with van der Waals surface area (Å²) in [5.74, 6) is 1.02. The average molecular weight is 840 g/mol. The molecule has 0 aromatic heterocycles. The van der Waals surface area contributed by atoms with Crippen LogP contribution in [0.1, 0.15) is 246 Å². The molecule has 1 unspecified atom stereocenters. The summed E-state index contributed by atoms with van der Waals surface area (Å²) in [5, 5.41) is 0. The third kappa shape index (κ3) is 42.2. The molecule has 354 valence electrons. The maximum atomic E-state index is 10.5. The van der Waals surface area contributed by atoms with Crippen LogP contribution in [0.15, 0.2) is 0 Å². The third-order valence-corrected chi connectivity index (χ3v) is 12.0. The zero-order chi connectivity index (χ0) is 43.9. The lowest BCUT2D eigenvalue weighted by molar-refractivity contribution is -0.180. The Morgan fingerprint density at radius 2 is 0.864 bits per heavy atom. The molecule has 1 rings (SSSR count). The smallest absolute Gasteiger partial charge is 0.168 e. The van der Waals surface area contributed by atoms with Crippen LogP contribution in [0.4, 0.5) is 0 Å². The second-order valence-corrected chi connectivity index (χ2v) is 18.2. The lowest BCUT2D eigenvalue weighted by atomic mass is 9.93. The topological polar surface area (TPSA) is 74.3 Å². The minimum atomic E-state index is -0.322. The van der Waals surface area contributed by atoms with Crippen LogP contribution in [0.5, 0.6) is 0 Å². The number of hydrogen-bond donors (Lipinski definition) is 0. The van der Waals surface area contributed by atoms with Gasteiger partial charge in [0.25, 0.3) is 0 Å². The monoisotopic (exact) mass is 840 g/mol. The Balaban J connectivity index is 0. The van der Waals surface area contributed by atoms with Crippen molar-refractivity contribution < 1.29 is 28.5 Å². The summed E-state index contributed by atoms with van der Waals surface area (Å²) < 4.78 is 23.1. The van der Waals surface area contributed by atoms with Crippen LogP contribution < -0.4 is 0 Å². The molecule has 0 spiro atoms. The van der Waals surface area contributed by atoms with Gasteiger partial charge in [-0.1, -0.05) is 195 Å². The quantitative estimate of drug-likeness (QED) is 0.0448. The Hall–Kier alpha value is -0.860. The van der Waals surface area contributed by atoms with E-state index < -0.39 is 0 Å². The summed E-state index contributed by atoms with van der Waals surface area (Å²) in [7, 11) is 7.80. The molecule has 0 radical (unpaired) electrons. The first kappa shape index (κ1) is 60.2. The summed E-state index contributed by atoms with van der Waals surface area (Å²) in [4.78, 5) is 23.2. The Kier molecular flexibility index (Phi) is 49.2. The summed E-state index contributed by atoms with van der Waals surface area (Å²) in [5.41, 5.74) is 0. The lowest BCUT2D eigenvalue weighted by Gasteiger charge is -2.29. The molecule has 0 bridgehead atoms. The number of hydrogen-bond acceptors (Lipinski definition) is 7. The first-order valence-electron chi connectivity index (χ1n) is 25.6. The van der Waals surface area contributed by atoms with Crippen LogP contribution >= 0.6 is 0 Å². The standard InChI is InChI=1S/C26H53NO4.2C13H26O/c1-27(2)23-25-24-30-26(31-25,19-15-11-7-5-9-13-17-21-28-3)20-16-12-8-6-10-14-18-22-29-4;2*1-3-5-7-9-13(11-12-14)10-8-6-4-2/h25H,5-24H2,1-4H3;2*12-13H,3-11H2,1-2H3. The van der Waals surface area contributed by atoms with Crippen molar-refractivity contribution in [1.82, 2.24) is 4.90 Å².